The fourth-order valence-electron chi connectivity index (χ4n) is 3.72. The first kappa shape index (κ1) is 15.9. The number of hydrogen-bond acceptors (Lipinski definition) is 5. The molecule has 1 saturated heterocycles. The average Bonchev–Trinajstić information content (AvgIpc) is 3.37. The largest absolute Gasteiger partial charge is 0.340 e. The lowest BCUT2D eigenvalue weighted by atomic mass is 10.0. The van der Waals surface area contributed by atoms with Crippen molar-refractivity contribution >= 4 is 11.7 Å². The third-order valence-corrected chi connectivity index (χ3v) is 5.02. The van der Waals surface area contributed by atoms with Crippen LogP contribution in [0.5, 0.6) is 0 Å². The van der Waals surface area contributed by atoms with Crippen LogP contribution in [0.3, 0.4) is 0 Å². The van der Waals surface area contributed by atoms with E-state index in [-0.39, 0.29) is 5.82 Å². The summed E-state index contributed by atoms with van der Waals surface area (Å²) in [6.45, 7) is 1.74. The highest BCUT2D eigenvalue weighted by atomic mass is 19.1. The zero-order valence-corrected chi connectivity index (χ0v) is 14.5. The van der Waals surface area contributed by atoms with E-state index < -0.39 is 0 Å². The summed E-state index contributed by atoms with van der Waals surface area (Å²) in [6, 6.07) is 10.3. The van der Waals surface area contributed by atoms with Crippen molar-refractivity contribution in [3.8, 4) is 11.3 Å². The first-order chi connectivity index (χ1) is 13.3. The summed E-state index contributed by atoms with van der Waals surface area (Å²) in [5, 5.41) is 0. The Morgan fingerprint density at radius 3 is 2.56 bits per heavy atom. The summed E-state index contributed by atoms with van der Waals surface area (Å²) in [7, 11) is 0. The van der Waals surface area contributed by atoms with Crippen LogP contribution in [0, 0.1) is 5.82 Å². The van der Waals surface area contributed by atoms with E-state index in [4.69, 9.17) is 0 Å². The van der Waals surface area contributed by atoms with Gasteiger partial charge in [0.2, 0.25) is 11.7 Å². The zero-order chi connectivity index (χ0) is 18.2. The molecule has 3 aromatic heterocycles. The van der Waals surface area contributed by atoms with Gasteiger partial charge in [-0.05, 0) is 42.8 Å². The first-order valence-electron chi connectivity index (χ1n) is 8.90. The Kier molecular flexibility index (Phi) is 3.78. The fraction of sp³-hybridized carbons (Fsp3) is 0.200. The van der Waals surface area contributed by atoms with Crippen molar-refractivity contribution < 1.29 is 4.39 Å². The van der Waals surface area contributed by atoms with Gasteiger partial charge < -0.3 is 4.90 Å². The van der Waals surface area contributed by atoms with Crippen molar-refractivity contribution in [1.29, 1.82) is 0 Å². The number of nitrogens with zero attached hydrogens (tertiary/aromatic N) is 6. The van der Waals surface area contributed by atoms with Gasteiger partial charge in [-0.25, -0.2) is 24.3 Å². The van der Waals surface area contributed by atoms with E-state index in [9.17, 15) is 4.39 Å². The molecule has 134 valence electrons. The van der Waals surface area contributed by atoms with Crippen molar-refractivity contribution in [2.24, 2.45) is 0 Å². The Hall–Kier alpha value is -3.35. The summed E-state index contributed by atoms with van der Waals surface area (Å²) in [4.78, 5) is 19.8. The van der Waals surface area contributed by atoms with E-state index in [2.05, 4.69) is 29.2 Å². The highest BCUT2D eigenvalue weighted by Crippen LogP contribution is 2.31. The second-order valence-electron chi connectivity index (χ2n) is 6.64. The van der Waals surface area contributed by atoms with Crippen LogP contribution in [0.2, 0.25) is 0 Å². The molecule has 1 aliphatic rings. The van der Waals surface area contributed by atoms with E-state index in [1.54, 1.807) is 36.9 Å². The molecule has 27 heavy (non-hydrogen) atoms. The number of hydrogen-bond donors (Lipinski definition) is 0. The standard InChI is InChI=1S/C20H17FN6/c21-16-4-2-14(3-5-16)18-12-25-20-24-10-6-17(27(18)20)15-7-11-26(13-15)19-22-8-1-9-23-19/h1-6,8-10,12,15H,7,11,13H2/t15-/m1/s1. The van der Waals surface area contributed by atoms with Crippen molar-refractivity contribution in [2.45, 2.75) is 12.3 Å². The maximum Gasteiger partial charge on any atom is 0.234 e. The summed E-state index contributed by atoms with van der Waals surface area (Å²) in [5.74, 6) is 1.48. The molecule has 0 aliphatic carbocycles. The third-order valence-electron chi connectivity index (χ3n) is 5.02. The fourth-order valence-corrected chi connectivity index (χ4v) is 3.72. The first-order valence-corrected chi connectivity index (χ1v) is 8.90. The Labute approximate surface area is 155 Å². The predicted molar refractivity (Wildman–Crippen MR) is 100.0 cm³/mol. The van der Waals surface area contributed by atoms with Crippen molar-refractivity contribution in [3.63, 3.8) is 0 Å². The minimum Gasteiger partial charge on any atom is -0.340 e. The smallest absolute Gasteiger partial charge is 0.234 e. The van der Waals surface area contributed by atoms with Gasteiger partial charge in [-0.2, -0.15) is 0 Å². The number of rotatable bonds is 3. The molecule has 6 nitrogen and oxygen atoms in total. The summed E-state index contributed by atoms with van der Waals surface area (Å²) in [6.07, 6.45) is 8.13. The van der Waals surface area contributed by atoms with Gasteiger partial charge in [0.1, 0.15) is 5.82 Å². The number of imidazole rings is 1. The van der Waals surface area contributed by atoms with E-state index in [0.717, 1.165) is 42.4 Å². The molecule has 4 aromatic rings. The molecule has 0 radical (unpaired) electrons. The molecule has 1 fully saturated rings. The van der Waals surface area contributed by atoms with Gasteiger partial charge in [0.05, 0.1) is 11.9 Å². The molecule has 0 amide bonds. The second kappa shape index (κ2) is 6.42. The molecule has 0 bridgehead atoms. The maximum absolute atomic E-state index is 13.3. The molecule has 0 N–H and O–H groups in total. The number of halogens is 1. The lowest BCUT2D eigenvalue weighted by molar-refractivity contribution is 0.628. The lowest BCUT2D eigenvalue weighted by Gasteiger charge is -2.17. The van der Waals surface area contributed by atoms with E-state index >= 15 is 0 Å². The average molecular weight is 360 g/mol. The molecule has 0 saturated carbocycles. The van der Waals surface area contributed by atoms with Gasteiger partial charge >= 0.3 is 0 Å². The van der Waals surface area contributed by atoms with E-state index in [0.29, 0.717) is 11.7 Å². The topological polar surface area (TPSA) is 59.2 Å². The molecular formula is C20H17FN6. The minimum atomic E-state index is -0.250. The Balaban J connectivity index is 1.54. The molecule has 1 aliphatic heterocycles. The number of fused-ring (bicyclic) bond motifs is 1. The van der Waals surface area contributed by atoms with Crippen LogP contribution in [0.1, 0.15) is 18.0 Å². The zero-order valence-electron chi connectivity index (χ0n) is 14.5. The van der Waals surface area contributed by atoms with Gasteiger partial charge in [0.15, 0.2) is 0 Å². The quantitative estimate of drug-likeness (QED) is 0.561. The number of anilines is 1. The summed E-state index contributed by atoms with van der Waals surface area (Å²) in [5.41, 5.74) is 2.98. The van der Waals surface area contributed by atoms with Crippen LogP contribution in [0.15, 0.2) is 61.2 Å². The van der Waals surface area contributed by atoms with Gasteiger partial charge in [0, 0.05) is 48.9 Å². The van der Waals surface area contributed by atoms with Crippen molar-refractivity contribution in [3.05, 3.63) is 72.7 Å². The second-order valence-corrected chi connectivity index (χ2v) is 6.64. The SMILES string of the molecule is Fc1ccc(-c2cnc3nccc([C@@H]4CCN(c5ncccn5)C4)n23)cc1. The molecule has 0 unspecified atom stereocenters. The Morgan fingerprint density at radius 1 is 0.926 bits per heavy atom. The normalized spacial score (nSPS) is 16.9. The van der Waals surface area contributed by atoms with Crippen LogP contribution in [0.25, 0.3) is 17.0 Å². The van der Waals surface area contributed by atoms with Crippen LogP contribution in [0.4, 0.5) is 10.3 Å². The van der Waals surface area contributed by atoms with Crippen LogP contribution >= 0.6 is 0 Å². The molecule has 7 heteroatoms. The van der Waals surface area contributed by atoms with Crippen LogP contribution in [-0.2, 0) is 0 Å². The van der Waals surface area contributed by atoms with Gasteiger partial charge in [-0.1, -0.05) is 0 Å². The number of aromatic nitrogens is 5. The van der Waals surface area contributed by atoms with E-state index in [1.165, 1.54) is 12.1 Å². The monoisotopic (exact) mass is 360 g/mol. The number of benzene rings is 1. The van der Waals surface area contributed by atoms with Gasteiger partial charge in [-0.15, -0.1) is 0 Å². The van der Waals surface area contributed by atoms with Gasteiger partial charge in [0.25, 0.3) is 0 Å². The molecule has 1 atom stereocenters. The lowest BCUT2D eigenvalue weighted by Crippen LogP contribution is -2.22. The predicted octanol–water partition coefficient (Wildman–Crippen LogP) is 3.32. The third kappa shape index (κ3) is 2.81. The van der Waals surface area contributed by atoms with Crippen molar-refractivity contribution in [1.82, 2.24) is 24.3 Å². The summed E-state index contributed by atoms with van der Waals surface area (Å²) < 4.78 is 15.4. The maximum atomic E-state index is 13.3. The van der Waals surface area contributed by atoms with Gasteiger partial charge in [-0.3, -0.25) is 4.40 Å². The molecule has 0 spiro atoms. The molecule has 5 rings (SSSR count). The van der Waals surface area contributed by atoms with Crippen molar-refractivity contribution in [2.75, 3.05) is 18.0 Å². The summed E-state index contributed by atoms with van der Waals surface area (Å²) >= 11 is 0. The minimum absolute atomic E-state index is 0.250. The Bertz CT molecular complexity index is 1080. The molecule has 4 heterocycles. The molecular weight excluding hydrogens is 343 g/mol. The Morgan fingerprint density at radius 2 is 1.74 bits per heavy atom. The molecule has 1 aromatic carbocycles. The highest BCUT2D eigenvalue weighted by molar-refractivity contribution is 5.63. The van der Waals surface area contributed by atoms with Crippen LogP contribution < -0.4 is 4.90 Å². The van der Waals surface area contributed by atoms with Crippen LogP contribution in [-0.4, -0.2) is 37.4 Å². The van der Waals surface area contributed by atoms with E-state index in [1.807, 2.05) is 12.1 Å². The highest BCUT2D eigenvalue weighted by Gasteiger charge is 2.28.